The average Bonchev–Trinajstić information content (AvgIpc) is 2.40. The minimum Gasteiger partial charge on any atom is -0.394 e. The van der Waals surface area contributed by atoms with Gasteiger partial charge in [-0.1, -0.05) is 0 Å². The van der Waals surface area contributed by atoms with E-state index < -0.39 is 41.8 Å². The van der Waals surface area contributed by atoms with Crippen molar-refractivity contribution in [3.8, 4) is 0 Å². The van der Waals surface area contributed by atoms with Gasteiger partial charge in [-0.2, -0.15) is 0 Å². The summed E-state index contributed by atoms with van der Waals surface area (Å²) in [6, 6.07) is -0.00259. The second-order valence-electron chi connectivity index (χ2n) is 4.32. The zero-order valence-electron chi connectivity index (χ0n) is 10.8. The SMILES string of the molecule is CC(C)=C(F)C(=O)NC(CO)c1cc(F)c(F)c(F)c1. The molecule has 1 unspecified atom stereocenters. The van der Waals surface area contributed by atoms with Crippen LogP contribution in [0.2, 0.25) is 0 Å². The molecule has 0 aliphatic heterocycles. The number of carbonyl (C=O) groups is 1. The van der Waals surface area contributed by atoms with Gasteiger partial charge in [0.2, 0.25) is 0 Å². The Morgan fingerprint density at radius 2 is 1.75 bits per heavy atom. The van der Waals surface area contributed by atoms with Gasteiger partial charge in [-0.3, -0.25) is 4.79 Å². The second kappa shape index (κ2) is 6.51. The van der Waals surface area contributed by atoms with E-state index in [9.17, 15) is 22.4 Å². The lowest BCUT2D eigenvalue weighted by molar-refractivity contribution is -0.120. The number of allylic oxidation sites excluding steroid dienone is 1. The van der Waals surface area contributed by atoms with Crippen LogP contribution in [-0.4, -0.2) is 17.6 Å². The molecule has 0 aromatic heterocycles. The smallest absolute Gasteiger partial charge is 0.280 e. The highest BCUT2D eigenvalue weighted by atomic mass is 19.2. The Labute approximate surface area is 112 Å². The van der Waals surface area contributed by atoms with Crippen molar-refractivity contribution in [3.05, 3.63) is 46.5 Å². The van der Waals surface area contributed by atoms with E-state index in [0.29, 0.717) is 12.1 Å². The summed E-state index contributed by atoms with van der Waals surface area (Å²) in [5.41, 5.74) is -0.102. The van der Waals surface area contributed by atoms with Crippen molar-refractivity contribution >= 4 is 5.91 Å². The van der Waals surface area contributed by atoms with Gasteiger partial charge in [-0.05, 0) is 37.1 Å². The Morgan fingerprint density at radius 3 is 2.15 bits per heavy atom. The molecule has 7 heteroatoms. The van der Waals surface area contributed by atoms with E-state index in [2.05, 4.69) is 5.32 Å². The molecule has 0 bridgehead atoms. The molecule has 1 atom stereocenters. The molecule has 0 spiro atoms. The molecule has 0 radical (unpaired) electrons. The molecule has 0 aliphatic rings. The zero-order valence-corrected chi connectivity index (χ0v) is 10.8. The Kier molecular flexibility index (Phi) is 5.26. The van der Waals surface area contributed by atoms with Crippen LogP contribution < -0.4 is 5.32 Å². The Hall–Kier alpha value is -1.89. The molecule has 20 heavy (non-hydrogen) atoms. The quantitative estimate of drug-likeness (QED) is 0.509. The van der Waals surface area contributed by atoms with Crippen LogP contribution in [0.5, 0.6) is 0 Å². The molecular weight excluding hydrogens is 278 g/mol. The van der Waals surface area contributed by atoms with Crippen molar-refractivity contribution in [2.24, 2.45) is 0 Å². The van der Waals surface area contributed by atoms with Crippen LogP contribution in [-0.2, 0) is 4.79 Å². The largest absolute Gasteiger partial charge is 0.394 e. The topological polar surface area (TPSA) is 49.3 Å². The Morgan fingerprint density at radius 1 is 1.25 bits per heavy atom. The van der Waals surface area contributed by atoms with Crippen LogP contribution in [0.3, 0.4) is 0 Å². The first-order valence-corrected chi connectivity index (χ1v) is 5.67. The third-order valence-corrected chi connectivity index (χ3v) is 2.53. The standard InChI is InChI=1S/C13H13F4NO2/c1-6(2)11(16)13(20)18-10(5-19)7-3-8(14)12(17)9(15)4-7/h3-4,10,19H,5H2,1-2H3,(H,18,20). The van der Waals surface area contributed by atoms with E-state index in [-0.39, 0.29) is 11.1 Å². The van der Waals surface area contributed by atoms with Gasteiger partial charge in [-0.25, -0.2) is 17.6 Å². The van der Waals surface area contributed by atoms with E-state index in [1.54, 1.807) is 0 Å². The van der Waals surface area contributed by atoms with Gasteiger partial charge >= 0.3 is 0 Å². The molecule has 1 amide bonds. The molecule has 3 nitrogen and oxygen atoms in total. The summed E-state index contributed by atoms with van der Waals surface area (Å²) in [5, 5.41) is 11.2. The third-order valence-electron chi connectivity index (χ3n) is 2.53. The molecule has 110 valence electrons. The first kappa shape index (κ1) is 16.2. The van der Waals surface area contributed by atoms with Gasteiger partial charge in [0.1, 0.15) is 0 Å². The lowest BCUT2D eigenvalue weighted by Crippen LogP contribution is -2.31. The number of halogens is 4. The lowest BCUT2D eigenvalue weighted by atomic mass is 10.1. The van der Waals surface area contributed by atoms with Gasteiger partial charge in [-0.15, -0.1) is 0 Å². The van der Waals surface area contributed by atoms with Crippen molar-refractivity contribution < 1.29 is 27.5 Å². The summed E-state index contributed by atoms with van der Waals surface area (Å²) in [6.45, 7) is 1.99. The Bertz CT molecular complexity index is 530. The average molecular weight is 291 g/mol. The number of nitrogens with one attached hydrogen (secondary N) is 1. The lowest BCUT2D eigenvalue weighted by Gasteiger charge is -2.17. The minimum atomic E-state index is -1.66. The minimum absolute atomic E-state index is 0.107. The molecule has 2 N–H and O–H groups in total. The Balaban J connectivity index is 3.04. The fourth-order valence-electron chi connectivity index (χ4n) is 1.46. The number of hydrogen-bond donors (Lipinski definition) is 2. The van der Waals surface area contributed by atoms with Crippen molar-refractivity contribution in [2.75, 3.05) is 6.61 Å². The van der Waals surface area contributed by atoms with E-state index in [0.717, 1.165) is 0 Å². The second-order valence-corrected chi connectivity index (χ2v) is 4.32. The van der Waals surface area contributed by atoms with E-state index in [1.165, 1.54) is 13.8 Å². The molecule has 0 fully saturated rings. The van der Waals surface area contributed by atoms with Gasteiger partial charge in [0.05, 0.1) is 12.6 Å². The van der Waals surface area contributed by atoms with Crippen LogP contribution >= 0.6 is 0 Å². The summed E-state index contributed by atoms with van der Waals surface area (Å²) >= 11 is 0. The maximum Gasteiger partial charge on any atom is 0.280 e. The molecule has 0 saturated heterocycles. The zero-order chi connectivity index (χ0) is 15.4. The first-order valence-electron chi connectivity index (χ1n) is 5.67. The number of aliphatic hydroxyl groups is 1. The fourth-order valence-corrected chi connectivity index (χ4v) is 1.46. The molecule has 1 aromatic rings. The highest BCUT2D eigenvalue weighted by molar-refractivity contribution is 5.92. The number of rotatable bonds is 4. The van der Waals surface area contributed by atoms with Gasteiger partial charge in [0.15, 0.2) is 23.3 Å². The molecule has 0 saturated carbocycles. The van der Waals surface area contributed by atoms with Crippen LogP contribution in [0.15, 0.2) is 23.5 Å². The van der Waals surface area contributed by atoms with Gasteiger partial charge < -0.3 is 10.4 Å². The summed E-state index contributed by atoms with van der Waals surface area (Å²) in [5.74, 6) is -6.78. The molecule has 0 heterocycles. The molecule has 0 aliphatic carbocycles. The summed E-state index contributed by atoms with van der Waals surface area (Å²) in [4.78, 5) is 11.4. The number of amides is 1. The fraction of sp³-hybridized carbons (Fsp3) is 0.308. The highest BCUT2D eigenvalue weighted by Gasteiger charge is 2.20. The normalized spacial score (nSPS) is 11.9. The third kappa shape index (κ3) is 3.57. The van der Waals surface area contributed by atoms with Gasteiger partial charge in [0.25, 0.3) is 5.91 Å². The van der Waals surface area contributed by atoms with Crippen LogP contribution in [0, 0.1) is 17.5 Å². The maximum atomic E-state index is 13.3. The predicted octanol–water partition coefficient (Wildman–Crippen LogP) is 2.52. The highest BCUT2D eigenvalue weighted by Crippen LogP contribution is 2.20. The number of carbonyl (C=O) groups excluding carboxylic acids is 1. The van der Waals surface area contributed by atoms with Crippen LogP contribution in [0.25, 0.3) is 0 Å². The number of aliphatic hydroxyl groups excluding tert-OH is 1. The predicted molar refractivity (Wildman–Crippen MR) is 63.8 cm³/mol. The summed E-state index contributed by atoms with van der Waals surface area (Å²) < 4.78 is 52.3. The number of benzene rings is 1. The molecular formula is C13H13F4NO2. The molecule has 1 rings (SSSR count). The van der Waals surface area contributed by atoms with Crippen molar-refractivity contribution in [3.63, 3.8) is 0 Å². The first-order chi connectivity index (χ1) is 9.27. The van der Waals surface area contributed by atoms with E-state index >= 15 is 0 Å². The summed E-state index contributed by atoms with van der Waals surface area (Å²) in [7, 11) is 0. The molecule has 1 aromatic carbocycles. The van der Waals surface area contributed by atoms with Crippen molar-refractivity contribution in [1.29, 1.82) is 0 Å². The van der Waals surface area contributed by atoms with Crippen LogP contribution in [0.1, 0.15) is 25.5 Å². The summed E-state index contributed by atoms with van der Waals surface area (Å²) in [6.07, 6.45) is 0. The van der Waals surface area contributed by atoms with E-state index in [4.69, 9.17) is 5.11 Å². The number of hydrogen-bond acceptors (Lipinski definition) is 2. The monoisotopic (exact) mass is 291 g/mol. The maximum absolute atomic E-state index is 13.3. The van der Waals surface area contributed by atoms with E-state index in [1.807, 2.05) is 0 Å². The van der Waals surface area contributed by atoms with Crippen LogP contribution in [0.4, 0.5) is 17.6 Å². The van der Waals surface area contributed by atoms with Crippen molar-refractivity contribution in [2.45, 2.75) is 19.9 Å². The van der Waals surface area contributed by atoms with Gasteiger partial charge in [0, 0.05) is 0 Å². The van der Waals surface area contributed by atoms with Crippen molar-refractivity contribution in [1.82, 2.24) is 5.32 Å².